The average Bonchev–Trinajstić information content (AvgIpc) is 2.45. The van der Waals surface area contributed by atoms with Gasteiger partial charge < -0.3 is 0 Å². The van der Waals surface area contributed by atoms with E-state index in [0.717, 1.165) is 38.4 Å². The van der Waals surface area contributed by atoms with Crippen LogP contribution in [0.25, 0.3) is 0 Å². The first-order valence-corrected chi connectivity index (χ1v) is 11.6. The molecule has 0 aliphatic heterocycles. The molecule has 13 saturated carbocycles. The molecule has 0 aromatic rings. The molecule has 116 valence electrons. The molecule has 0 radical (unpaired) electrons. The third kappa shape index (κ3) is 0.274. The van der Waals surface area contributed by atoms with Crippen molar-refractivity contribution < 1.29 is 0 Å². The third-order valence-corrected chi connectivity index (χ3v) is 17.1. The fourth-order valence-electron chi connectivity index (χ4n) is 19.4. The van der Waals surface area contributed by atoms with Gasteiger partial charge >= 0.3 is 0 Å². The molecule has 0 aromatic heterocycles. The highest BCUT2D eigenvalue weighted by atomic mass is 15.3. The minimum atomic E-state index is 0.940. The van der Waals surface area contributed by atoms with Gasteiger partial charge in [-0.05, 0) is 123 Å². The number of fused-ring (bicyclic) bond motifs is 10. The van der Waals surface area contributed by atoms with Crippen LogP contribution >= 0.6 is 0 Å². The Balaban J connectivity index is 1.15. The summed E-state index contributed by atoms with van der Waals surface area (Å²) in [5.74, 6) is 16.9. The van der Waals surface area contributed by atoms with Gasteiger partial charge in [0.15, 0.2) is 0 Å². The Hall–Kier alpha value is -0.260. The van der Waals surface area contributed by atoms with Crippen LogP contribution in [0.5, 0.6) is 0 Å². The predicted molar refractivity (Wildman–Crippen MR) is 81.9 cm³/mol. The molecule has 0 N–H and O–H groups in total. The second kappa shape index (κ2) is 1.61. The van der Waals surface area contributed by atoms with Gasteiger partial charge in [0.1, 0.15) is 0 Å². The van der Waals surface area contributed by atoms with Gasteiger partial charge in [0.2, 0.25) is 0 Å². The van der Waals surface area contributed by atoms with Gasteiger partial charge in [0.25, 0.3) is 0 Å². The van der Waals surface area contributed by atoms with E-state index in [1.807, 2.05) is 5.57 Å². The van der Waals surface area contributed by atoms with Crippen LogP contribution in [-0.4, -0.2) is 0 Å². The quantitative estimate of drug-likeness (QED) is 0.603. The van der Waals surface area contributed by atoms with Crippen molar-refractivity contribution in [2.24, 2.45) is 109 Å². The van der Waals surface area contributed by atoms with Crippen molar-refractivity contribution in [3.8, 4) is 0 Å². The van der Waals surface area contributed by atoms with Gasteiger partial charge in [-0.25, -0.2) is 0 Å². The molecule has 19 atom stereocenters. The largest absolute Gasteiger partial charge is 0.0804 e. The van der Waals surface area contributed by atoms with Crippen molar-refractivity contribution in [1.82, 2.24) is 0 Å². The second-order valence-corrected chi connectivity index (χ2v) is 13.9. The molecule has 24 heavy (non-hydrogen) atoms. The van der Waals surface area contributed by atoms with E-state index < -0.39 is 0 Å². The molecule has 14 aliphatic rings. The molecule has 0 amide bonds. The van der Waals surface area contributed by atoms with E-state index >= 15 is 0 Å². The minimum absolute atomic E-state index is 0.940. The van der Waals surface area contributed by atoms with E-state index in [0.29, 0.717) is 0 Å². The zero-order valence-electron chi connectivity index (χ0n) is 13.7. The summed E-state index contributed by atoms with van der Waals surface area (Å²) in [6.45, 7) is 0. The van der Waals surface area contributed by atoms with Crippen LogP contribution in [-0.2, 0) is 0 Å². The van der Waals surface area contributed by atoms with E-state index in [1.54, 1.807) is 19.3 Å². The molecule has 13 fully saturated rings. The number of hydrogen-bond acceptors (Lipinski definition) is 0. The molecule has 0 nitrogen and oxygen atoms in total. The van der Waals surface area contributed by atoms with Crippen LogP contribution < -0.4 is 0 Å². The normalized spacial score (nSPS) is 112. The minimum Gasteiger partial charge on any atom is -0.0804 e. The SMILES string of the molecule is C1=C2CC3C4C5C6C7C8CC9CC%10C%11C%12C%13C%14C1C23C%144C%135C%126C%117C9%108. The Morgan fingerprint density at radius 1 is 0.667 bits per heavy atom. The van der Waals surface area contributed by atoms with E-state index in [9.17, 15) is 0 Å². The lowest BCUT2D eigenvalue weighted by Gasteiger charge is -3.31. The maximum absolute atomic E-state index is 2.83. The van der Waals surface area contributed by atoms with Crippen LogP contribution in [0.3, 0.4) is 0 Å². The first-order chi connectivity index (χ1) is 11.9. The summed E-state index contributed by atoms with van der Waals surface area (Å²) in [6, 6.07) is 0. The maximum atomic E-state index is 2.83. The monoisotopic (exact) mass is 308 g/mol. The van der Waals surface area contributed by atoms with Crippen LogP contribution in [0.2, 0.25) is 0 Å². The van der Waals surface area contributed by atoms with E-state index in [2.05, 4.69) is 6.08 Å². The number of allylic oxidation sites excluding steroid dienone is 2. The van der Waals surface area contributed by atoms with Gasteiger partial charge in [-0.15, -0.1) is 0 Å². The van der Waals surface area contributed by atoms with Crippen molar-refractivity contribution in [3.63, 3.8) is 0 Å². The lowest BCUT2D eigenvalue weighted by Crippen LogP contribution is -3.28. The second-order valence-electron chi connectivity index (χ2n) is 13.9. The van der Waals surface area contributed by atoms with E-state index in [4.69, 9.17) is 0 Å². The van der Waals surface area contributed by atoms with Gasteiger partial charge in [-0.1, -0.05) is 11.6 Å². The summed E-state index contributed by atoms with van der Waals surface area (Å²) in [5, 5.41) is 0. The molecule has 0 heteroatoms. The molecule has 14 rings (SSSR count). The lowest BCUT2D eigenvalue weighted by molar-refractivity contribution is -0.843. The fraction of sp³-hybridized carbons (Fsp3) is 0.917. The topological polar surface area (TPSA) is 0 Å². The predicted octanol–water partition coefficient (Wildman–Crippen LogP) is 3.20. The first-order valence-electron chi connectivity index (χ1n) is 11.6. The molecular formula is C24H20. The third-order valence-electron chi connectivity index (χ3n) is 17.1. The number of rotatable bonds is 0. The van der Waals surface area contributed by atoms with Gasteiger partial charge in [-0.3, -0.25) is 0 Å². The molecular weight excluding hydrogens is 288 g/mol. The summed E-state index contributed by atoms with van der Waals surface area (Å²) in [6.07, 6.45) is 7.85. The zero-order valence-corrected chi connectivity index (χ0v) is 13.7. The molecule has 0 saturated heterocycles. The van der Waals surface area contributed by atoms with E-state index in [-0.39, 0.29) is 0 Å². The Morgan fingerprint density at radius 2 is 1.33 bits per heavy atom. The molecule has 19 unspecified atom stereocenters. The standard InChI is InChI=1S/C24H20/c1-5-2-8-12-17-18-14-10-4-6-3-9-13-16-15-11-7(1)19(5,8)21(11,12)23(15,17)24(16,18)22(13,14)20(6,9)10/h1,6-18H,2-4H2. The molecule has 0 aromatic carbocycles. The van der Waals surface area contributed by atoms with Crippen LogP contribution in [0, 0.1) is 109 Å². The van der Waals surface area contributed by atoms with Crippen molar-refractivity contribution in [2.45, 2.75) is 19.3 Å². The fourth-order valence-corrected chi connectivity index (χ4v) is 19.4. The van der Waals surface area contributed by atoms with Crippen molar-refractivity contribution in [1.29, 1.82) is 0 Å². The van der Waals surface area contributed by atoms with Crippen LogP contribution in [0.1, 0.15) is 19.3 Å². The Kier molecular flexibility index (Phi) is 0.610. The summed E-state index contributed by atoms with van der Waals surface area (Å²) in [7, 11) is 0. The highest BCUT2D eigenvalue weighted by Gasteiger charge is 3.29. The Labute approximate surface area is 140 Å². The zero-order chi connectivity index (χ0) is 13.9. The number of hydrogen-bond donors (Lipinski definition) is 0. The molecule has 6 spiro atoms. The van der Waals surface area contributed by atoms with Gasteiger partial charge in [0, 0.05) is 5.41 Å². The smallest absolute Gasteiger partial charge is 0.00800 e. The van der Waals surface area contributed by atoms with Crippen molar-refractivity contribution in [3.05, 3.63) is 11.6 Å². The molecule has 0 bridgehead atoms. The van der Waals surface area contributed by atoms with Crippen LogP contribution in [0.4, 0.5) is 0 Å². The Bertz CT molecular complexity index is 1100. The van der Waals surface area contributed by atoms with Gasteiger partial charge in [-0.2, -0.15) is 0 Å². The van der Waals surface area contributed by atoms with Crippen molar-refractivity contribution >= 4 is 0 Å². The highest BCUT2D eigenvalue weighted by Crippen LogP contribution is 3.31. The van der Waals surface area contributed by atoms with Gasteiger partial charge in [0.05, 0.1) is 0 Å². The molecule has 0 heterocycles. The first kappa shape index (κ1) is 9.09. The maximum Gasteiger partial charge on any atom is 0.00800 e. The summed E-state index contributed by atoms with van der Waals surface area (Å²) >= 11 is 0. The van der Waals surface area contributed by atoms with E-state index in [1.165, 1.54) is 71.0 Å². The van der Waals surface area contributed by atoms with Crippen LogP contribution in [0.15, 0.2) is 11.6 Å². The highest BCUT2D eigenvalue weighted by molar-refractivity contribution is 5.78. The Morgan fingerprint density at radius 3 is 2.04 bits per heavy atom. The molecule has 14 aliphatic carbocycles. The van der Waals surface area contributed by atoms with Crippen molar-refractivity contribution in [2.75, 3.05) is 0 Å². The summed E-state index contributed by atoms with van der Waals surface area (Å²) < 4.78 is 0. The average molecular weight is 308 g/mol. The lowest BCUT2D eigenvalue weighted by atomic mass is 8.72. The summed E-state index contributed by atoms with van der Waals surface area (Å²) in [5.41, 5.74) is 8.28. The summed E-state index contributed by atoms with van der Waals surface area (Å²) in [4.78, 5) is 0.